The Hall–Kier alpha value is -0.510. The Morgan fingerprint density at radius 3 is 2.82 bits per heavy atom. The van der Waals surface area contributed by atoms with Gasteiger partial charge in [-0.25, -0.2) is 4.79 Å². The fourth-order valence-electron chi connectivity index (χ4n) is 0.488. The van der Waals surface area contributed by atoms with Crippen molar-refractivity contribution in [1.29, 1.82) is 0 Å². The van der Waals surface area contributed by atoms with E-state index in [1.165, 1.54) is 7.11 Å². The predicted molar refractivity (Wildman–Crippen MR) is 48.0 cm³/mol. The lowest BCUT2D eigenvalue weighted by Gasteiger charge is -2.02. The van der Waals surface area contributed by atoms with Gasteiger partial charge < -0.3 is 10.1 Å². The number of amides is 1. The highest BCUT2D eigenvalue weighted by Gasteiger charge is 1.95. The van der Waals surface area contributed by atoms with Crippen molar-refractivity contribution in [3.8, 4) is 0 Å². The summed E-state index contributed by atoms with van der Waals surface area (Å²) in [5.41, 5.74) is 1.10. The zero-order valence-corrected chi connectivity index (χ0v) is 8.27. The van der Waals surface area contributed by atoms with E-state index in [0.29, 0.717) is 6.54 Å². The largest absolute Gasteiger partial charge is 0.453 e. The average molecular weight is 222 g/mol. The quantitative estimate of drug-likeness (QED) is 0.582. The van der Waals surface area contributed by atoms with Crippen LogP contribution in [0.3, 0.4) is 0 Å². The van der Waals surface area contributed by atoms with E-state index < -0.39 is 6.09 Å². The molecule has 1 N–H and O–H groups in total. The molecule has 0 aliphatic rings. The molecule has 11 heavy (non-hydrogen) atoms. The summed E-state index contributed by atoms with van der Waals surface area (Å²) in [4.78, 5) is 10.5. The molecule has 0 saturated heterocycles. The molecule has 4 heteroatoms. The van der Waals surface area contributed by atoms with Gasteiger partial charge in [0, 0.05) is 11.9 Å². The van der Waals surface area contributed by atoms with E-state index in [2.05, 4.69) is 26.0 Å². The molecule has 0 aromatic carbocycles. The van der Waals surface area contributed by atoms with Crippen LogP contribution >= 0.6 is 15.9 Å². The Balaban J connectivity index is 3.53. The number of carbonyl (C=O) groups excluding carboxylic acids is 1. The standard InChI is InChI=1S/C7H12BrNO2/c1-6(3-4-8)5-9-7(10)11-2/h3H,4-5H2,1-2H3,(H,9,10)/b6-3+. The van der Waals surface area contributed by atoms with Crippen LogP contribution in [0.15, 0.2) is 11.6 Å². The van der Waals surface area contributed by atoms with Crippen LogP contribution in [0.25, 0.3) is 0 Å². The van der Waals surface area contributed by atoms with E-state index in [1.807, 2.05) is 13.0 Å². The number of hydrogen-bond acceptors (Lipinski definition) is 2. The molecule has 0 aromatic rings. The second kappa shape index (κ2) is 6.22. The molecule has 0 aliphatic heterocycles. The Bertz CT molecular complexity index is 157. The predicted octanol–water partition coefficient (Wildman–Crippen LogP) is 1.68. The smallest absolute Gasteiger partial charge is 0.407 e. The molecule has 0 aromatic heterocycles. The number of alkyl carbamates (subject to hydrolysis) is 1. The van der Waals surface area contributed by atoms with Crippen LogP contribution in [0, 0.1) is 0 Å². The van der Waals surface area contributed by atoms with Gasteiger partial charge in [-0.2, -0.15) is 0 Å². The Kier molecular flexibility index (Phi) is 5.93. The maximum absolute atomic E-state index is 10.5. The van der Waals surface area contributed by atoms with Gasteiger partial charge in [-0.05, 0) is 6.92 Å². The van der Waals surface area contributed by atoms with E-state index in [9.17, 15) is 4.79 Å². The van der Waals surface area contributed by atoms with Crippen LogP contribution < -0.4 is 5.32 Å². The molecule has 0 rings (SSSR count). The van der Waals surface area contributed by atoms with Gasteiger partial charge >= 0.3 is 6.09 Å². The first-order chi connectivity index (χ1) is 5.20. The average Bonchev–Trinajstić information content (AvgIpc) is 2.01. The number of nitrogens with one attached hydrogen (secondary N) is 1. The van der Waals surface area contributed by atoms with Gasteiger partial charge in [0.2, 0.25) is 0 Å². The van der Waals surface area contributed by atoms with Gasteiger partial charge in [-0.1, -0.05) is 27.6 Å². The van der Waals surface area contributed by atoms with Gasteiger partial charge in [0.25, 0.3) is 0 Å². The lowest BCUT2D eigenvalue weighted by Crippen LogP contribution is -2.24. The lowest BCUT2D eigenvalue weighted by molar-refractivity contribution is 0.172. The highest BCUT2D eigenvalue weighted by atomic mass is 79.9. The summed E-state index contributed by atoms with van der Waals surface area (Å²) in [6.45, 7) is 2.48. The third kappa shape index (κ3) is 5.91. The molecule has 0 fully saturated rings. The van der Waals surface area contributed by atoms with Crippen molar-refractivity contribution >= 4 is 22.0 Å². The van der Waals surface area contributed by atoms with Crippen molar-refractivity contribution < 1.29 is 9.53 Å². The minimum absolute atomic E-state index is 0.396. The second-order valence-corrected chi connectivity index (χ2v) is 2.70. The molecule has 3 nitrogen and oxygen atoms in total. The summed E-state index contributed by atoms with van der Waals surface area (Å²) in [6, 6.07) is 0. The van der Waals surface area contributed by atoms with E-state index in [1.54, 1.807) is 0 Å². The number of ether oxygens (including phenoxy) is 1. The summed E-state index contributed by atoms with van der Waals surface area (Å²) in [5.74, 6) is 0. The van der Waals surface area contributed by atoms with Crippen molar-refractivity contribution in [3.63, 3.8) is 0 Å². The molecule has 0 spiro atoms. The number of halogens is 1. The second-order valence-electron chi connectivity index (χ2n) is 2.05. The van der Waals surface area contributed by atoms with Crippen molar-refractivity contribution in [1.82, 2.24) is 5.32 Å². The van der Waals surface area contributed by atoms with E-state index in [4.69, 9.17) is 0 Å². The molecule has 0 atom stereocenters. The summed E-state index contributed by atoms with van der Waals surface area (Å²) in [5, 5.41) is 3.37. The monoisotopic (exact) mass is 221 g/mol. The summed E-state index contributed by atoms with van der Waals surface area (Å²) >= 11 is 3.25. The van der Waals surface area contributed by atoms with Gasteiger partial charge in [0.05, 0.1) is 7.11 Å². The number of allylic oxidation sites excluding steroid dienone is 1. The van der Waals surface area contributed by atoms with E-state index in [-0.39, 0.29) is 0 Å². The van der Waals surface area contributed by atoms with Crippen LogP contribution in [0.2, 0.25) is 0 Å². The Morgan fingerprint density at radius 1 is 1.73 bits per heavy atom. The fourth-order valence-corrected chi connectivity index (χ4v) is 1.04. The zero-order valence-electron chi connectivity index (χ0n) is 6.69. The summed E-state index contributed by atoms with van der Waals surface area (Å²) < 4.78 is 4.39. The van der Waals surface area contributed by atoms with Crippen LogP contribution in [0.5, 0.6) is 0 Å². The third-order valence-corrected chi connectivity index (χ3v) is 1.45. The number of methoxy groups -OCH3 is 1. The normalized spacial score (nSPS) is 11.0. The molecule has 0 radical (unpaired) electrons. The van der Waals surface area contributed by atoms with Gasteiger partial charge in [0.1, 0.15) is 0 Å². The van der Waals surface area contributed by atoms with Crippen LogP contribution in [0.4, 0.5) is 4.79 Å². The van der Waals surface area contributed by atoms with E-state index >= 15 is 0 Å². The summed E-state index contributed by atoms with van der Waals surface area (Å²) in [6.07, 6.45) is 1.59. The molecule has 0 bridgehead atoms. The Morgan fingerprint density at radius 2 is 2.36 bits per heavy atom. The highest BCUT2D eigenvalue weighted by Crippen LogP contribution is 1.92. The van der Waals surface area contributed by atoms with Crippen molar-refractivity contribution in [2.75, 3.05) is 19.0 Å². The Labute approximate surface area is 74.9 Å². The van der Waals surface area contributed by atoms with Gasteiger partial charge in [-0.15, -0.1) is 0 Å². The van der Waals surface area contributed by atoms with Crippen molar-refractivity contribution in [2.24, 2.45) is 0 Å². The van der Waals surface area contributed by atoms with Crippen LogP contribution in [-0.4, -0.2) is 25.1 Å². The van der Waals surface area contributed by atoms with Crippen LogP contribution in [0.1, 0.15) is 6.92 Å². The topological polar surface area (TPSA) is 38.3 Å². The van der Waals surface area contributed by atoms with E-state index in [0.717, 1.165) is 10.9 Å². The first kappa shape index (κ1) is 10.5. The van der Waals surface area contributed by atoms with Gasteiger partial charge in [-0.3, -0.25) is 0 Å². The van der Waals surface area contributed by atoms with Crippen molar-refractivity contribution in [3.05, 3.63) is 11.6 Å². The molecular weight excluding hydrogens is 210 g/mol. The minimum Gasteiger partial charge on any atom is -0.453 e. The zero-order chi connectivity index (χ0) is 8.69. The first-order valence-corrected chi connectivity index (χ1v) is 4.36. The highest BCUT2D eigenvalue weighted by molar-refractivity contribution is 9.09. The molecule has 0 aliphatic carbocycles. The molecule has 0 saturated carbocycles. The molecular formula is C7H12BrNO2. The number of rotatable bonds is 3. The third-order valence-electron chi connectivity index (χ3n) is 1.12. The lowest BCUT2D eigenvalue weighted by atomic mass is 10.3. The molecule has 64 valence electrons. The number of hydrogen-bond donors (Lipinski definition) is 1. The number of alkyl halides is 1. The maximum Gasteiger partial charge on any atom is 0.407 e. The first-order valence-electron chi connectivity index (χ1n) is 3.24. The molecule has 1 amide bonds. The fraction of sp³-hybridized carbons (Fsp3) is 0.571. The van der Waals surface area contributed by atoms with Gasteiger partial charge in [0.15, 0.2) is 0 Å². The molecule has 0 unspecified atom stereocenters. The SMILES string of the molecule is COC(=O)NC/C(C)=C/CBr. The molecule has 0 heterocycles. The maximum atomic E-state index is 10.5. The summed E-state index contributed by atoms with van der Waals surface area (Å²) in [7, 11) is 1.35. The minimum atomic E-state index is -0.396. The van der Waals surface area contributed by atoms with Crippen LogP contribution in [-0.2, 0) is 4.74 Å². The van der Waals surface area contributed by atoms with Crippen molar-refractivity contribution in [2.45, 2.75) is 6.92 Å². The number of carbonyl (C=O) groups is 1.